The molecule has 29 heavy (non-hydrogen) atoms. The number of nitrogens with two attached hydrogens (primary N) is 1. The number of benzene rings is 2. The highest BCUT2D eigenvalue weighted by molar-refractivity contribution is 7.99. The van der Waals surface area contributed by atoms with Gasteiger partial charge in [-0.3, -0.25) is 4.79 Å². The molecule has 0 amide bonds. The molecule has 0 radical (unpaired) electrons. The van der Waals surface area contributed by atoms with Crippen LogP contribution in [0.25, 0.3) is 0 Å². The highest BCUT2D eigenvalue weighted by Crippen LogP contribution is 2.27. The van der Waals surface area contributed by atoms with Gasteiger partial charge in [0.05, 0.1) is 25.5 Å². The number of rotatable bonds is 9. The van der Waals surface area contributed by atoms with E-state index in [4.69, 9.17) is 15.3 Å². The van der Waals surface area contributed by atoms with Gasteiger partial charge in [0, 0.05) is 12.5 Å². The lowest BCUT2D eigenvalue weighted by Crippen LogP contribution is -2.16. The van der Waals surface area contributed by atoms with Crippen LogP contribution in [0.3, 0.4) is 0 Å². The number of thioether (sulfide) groups is 1. The van der Waals surface area contributed by atoms with Gasteiger partial charge in [-0.05, 0) is 23.6 Å². The maximum Gasteiger partial charge on any atom is 0.210 e. The molecule has 0 aliphatic carbocycles. The summed E-state index contributed by atoms with van der Waals surface area (Å²) in [6, 6.07) is 15.3. The summed E-state index contributed by atoms with van der Waals surface area (Å²) in [6.07, 6.45) is 0.661. The lowest BCUT2D eigenvalue weighted by Gasteiger charge is -2.11. The predicted octanol–water partition coefficient (Wildman–Crippen LogP) is 3.33. The maximum absolute atomic E-state index is 12.6. The van der Waals surface area contributed by atoms with Crippen molar-refractivity contribution >= 4 is 17.5 Å². The van der Waals surface area contributed by atoms with Crippen LogP contribution in [0, 0.1) is 0 Å². The third kappa shape index (κ3) is 4.89. The van der Waals surface area contributed by atoms with Gasteiger partial charge in [-0.1, -0.05) is 49.0 Å². The summed E-state index contributed by atoms with van der Waals surface area (Å²) in [4.78, 5) is 12.6. The van der Waals surface area contributed by atoms with Gasteiger partial charge < -0.3 is 15.3 Å². The number of carbonyl (C=O) groups is 1. The zero-order chi connectivity index (χ0) is 20.8. The quantitative estimate of drug-likeness (QED) is 0.327. The van der Waals surface area contributed by atoms with Crippen LogP contribution in [0.2, 0.25) is 0 Å². The van der Waals surface area contributed by atoms with Gasteiger partial charge in [-0.25, -0.2) is 4.68 Å². The van der Waals surface area contributed by atoms with Crippen molar-refractivity contribution in [3.8, 4) is 11.5 Å². The molecule has 0 saturated heterocycles. The number of hydrogen-bond acceptors (Lipinski definition) is 7. The van der Waals surface area contributed by atoms with Gasteiger partial charge in [0.2, 0.25) is 5.16 Å². The zero-order valence-electron chi connectivity index (χ0n) is 16.7. The van der Waals surface area contributed by atoms with Crippen molar-refractivity contribution < 1.29 is 14.3 Å². The van der Waals surface area contributed by atoms with Crippen molar-refractivity contribution in [2.45, 2.75) is 24.4 Å². The smallest absolute Gasteiger partial charge is 0.210 e. The molecule has 3 aromatic rings. The van der Waals surface area contributed by atoms with E-state index in [1.807, 2.05) is 18.2 Å². The Morgan fingerprint density at radius 3 is 2.59 bits per heavy atom. The molecule has 1 aromatic heterocycles. The zero-order valence-corrected chi connectivity index (χ0v) is 17.5. The summed E-state index contributed by atoms with van der Waals surface area (Å²) in [5.74, 6) is 8.29. The van der Waals surface area contributed by atoms with Crippen LogP contribution in [0.4, 0.5) is 0 Å². The van der Waals surface area contributed by atoms with Crippen molar-refractivity contribution in [1.29, 1.82) is 0 Å². The average molecular weight is 413 g/mol. The number of nitrogen functional groups attached to an aromatic ring is 1. The Morgan fingerprint density at radius 1 is 1.14 bits per heavy atom. The fourth-order valence-electron chi connectivity index (χ4n) is 2.95. The molecule has 0 aliphatic rings. The topological polar surface area (TPSA) is 92.3 Å². The minimum absolute atomic E-state index is 0.0864. The van der Waals surface area contributed by atoms with Crippen molar-refractivity contribution in [1.82, 2.24) is 14.9 Å². The van der Waals surface area contributed by atoms with Crippen LogP contribution in [0.5, 0.6) is 11.5 Å². The van der Waals surface area contributed by atoms with Crippen LogP contribution in [-0.2, 0) is 6.42 Å². The largest absolute Gasteiger partial charge is 0.497 e. The number of ketones is 1. The number of Topliss-reactive ketones (excluding diaryl/α,β-unsaturated/α-hetero) is 1. The van der Waals surface area contributed by atoms with Crippen LogP contribution in [-0.4, -0.2) is 40.6 Å². The van der Waals surface area contributed by atoms with Gasteiger partial charge >= 0.3 is 0 Å². The van der Waals surface area contributed by atoms with E-state index in [-0.39, 0.29) is 17.5 Å². The van der Waals surface area contributed by atoms with E-state index < -0.39 is 0 Å². The van der Waals surface area contributed by atoms with Crippen LogP contribution < -0.4 is 15.3 Å². The summed E-state index contributed by atoms with van der Waals surface area (Å²) in [6.45, 7) is 2.12. The molecule has 7 nitrogen and oxygen atoms in total. The Labute approximate surface area is 174 Å². The molecule has 0 aliphatic heterocycles. The predicted molar refractivity (Wildman–Crippen MR) is 113 cm³/mol. The molecule has 2 aromatic carbocycles. The molecule has 1 atom stereocenters. The lowest BCUT2D eigenvalue weighted by molar-refractivity contribution is 0.101. The third-order valence-electron chi connectivity index (χ3n) is 4.63. The molecule has 0 saturated carbocycles. The van der Waals surface area contributed by atoms with Gasteiger partial charge in [-0.2, -0.15) is 0 Å². The lowest BCUT2D eigenvalue weighted by atomic mass is 9.98. The summed E-state index contributed by atoms with van der Waals surface area (Å²) in [5, 5.41) is 8.85. The monoisotopic (exact) mass is 412 g/mol. The number of ether oxygens (including phenoxy) is 2. The highest BCUT2D eigenvalue weighted by atomic mass is 32.2. The molecule has 1 unspecified atom stereocenters. The van der Waals surface area contributed by atoms with Crippen molar-refractivity contribution in [2.24, 2.45) is 0 Å². The summed E-state index contributed by atoms with van der Waals surface area (Å²) in [5.41, 5.74) is 1.70. The van der Waals surface area contributed by atoms with Crippen molar-refractivity contribution in [2.75, 3.05) is 25.8 Å². The van der Waals surface area contributed by atoms with Crippen molar-refractivity contribution in [3.63, 3.8) is 0 Å². The minimum Gasteiger partial charge on any atom is -0.497 e. The number of hydrogen-bond donors (Lipinski definition) is 1. The van der Waals surface area contributed by atoms with E-state index >= 15 is 0 Å². The molecular weight excluding hydrogens is 388 g/mol. The Kier molecular flexibility index (Phi) is 6.77. The molecule has 3 rings (SSSR count). The number of methoxy groups -OCH3 is 2. The van der Waals surface area contributed by atoms with Gasteiger partial charge in [0.25, 0.3) is 0 Å². The first-order valence-corrected chi connectivity index (χ1v) is 10.1. The summed E-state index contributed by atoms with van der Waals surface area (Å²) < 4.78 is 11.9. The highest BCUT2D eigenvalue weighted by Gasteiger charge is 2.18. The van der Waals surface area contributed by atoms with Gasteiger partial charge in [-0.15, -0.1) is 10.2 Å². The average Bonchev–Trinajstić information content (AvgIpc) is 3.11. The minimum atomic E-state index is -0.0864. The number of nitrogens with zero attached hydrogens (tertiary/aromatic N) is 3. The first-order chi connectivity index (χ1) is 14.0. The SMILES string of the molecule is COc1ccc(C(=O)CSc2nnc(CC(C)c3ccccc3)n2N)c(OC)c1. The molecule has 8 heteroatoms. The molecule has 2 N–H and O–H groups in total. The van der Waals surface area contributed by atoms with Crippen LogP contribution in [0.1, 0.15) is 34.6 Å². The first-order valence-electron chi connectivity index (χ1n) is 9.15. The van der Waals surface area contributed by atoms with E-state index in [0.29, 0.717) is 34.5 Å². The molecule has 1 heterocycles. The molecule has 0 fully saturated rings. The molecule has 152 valence electrons. The Hall–Kier alpha value is -3.00. The Bertz CT molecular complexity index is 975. The number of carbonyl (C=O) groups excluding carboxylic acids is 1. The fraction of sp³-hybridized carbons (Fsp3) is 0.286. The van der Waals surface area contributed by atoms with E-state index in [1.165, 1.54) is 29.1 Å². The standard InChI is InChI=1S/C21H24N4O3S/c1-14(15-7-5-4-6-8-15)11-20-23-24-21(25(20)22)29-13-18(26)17-10-9-16(27-2)12-19(17)28-3/h4-10,12,14H,11,13,22H2,1-3H3. The van der Waals surface area contributed by atoms with Gasteiger partial charge in [0.15, 0.2) is 11.6 Å². The second-order valence-electron chi connectivity index (χ2n) is 6.56. The maximum atomic E-state index is 12.6. The van der Waals surface area contributed by atoms with Gasteiger partial charge in [0.1, 0.15) is 11.5 Å². The molecule has 0 bridgehead atoms. The van der Waals surface area contributed by atoms with E-state index in [9.17, 15) is 4.79 Å². The van der Waals surface area contributed by atoms with E-state index in [2.05, 4.69) is 29.3 Å². The molecular formula is C21H24N4O3S. The Balaban J connectivity index is 1.65. The second-order valence-corrected chi connectivity index (χ2v) is 7.51. The van der Waals surface area contributed by atoms with E-state index in [0.717, 1.165) is 0 Å². The van der Waals surface area contributed by atoms with Crippen LogP contribution in [0.15, 0.2) is 53.7 Å². The summed E-state index contributed by atoms with van der Waals surface area (Å²) in [7, 11) is 3.09. The number of aromatic nitrogens is 3. The summed E-state index contributed by atoms with van der Waals surface area (Å²) >= 11 is 1.25. The first kappa shape index (κ1) is 20.7. The Morgan fingerprint density at radius 2 is 1.90 bits per heavy atom. The second kappa shape index (κ2) is 9.47. The fourth-order valence-corrected chi connectivity index (χ4v) is 3.71. The van der Waals surface area contributed by atoms with E-state index in [1.54, 1.807) is 25.3 Å². The van der Waals surface area contributed by atoms with Crippen LogP contribution >= 0.6 is 11.8 Å². The molecule has 0 spiro atoms. The van der Waals surface area contributed by atoms with Crippen molar-refractivity contribution in [3.05, 3.63) is 65.5 Å². The normalized spacial score (nSPS) is 11.8. The third-order valence-corrected chi connectivity index (χ3v) is 5.58.